The quantitative estimate of drug-likeness (QED) is 0.841. The van der Waals surface area contributed by atoms with Crippen molar-refractivity contribution in [3.63, 3.8) is 0 Å². The van der Waals surface area contributed by atoms with Crippen molar-refractivity contribution in [1.29, 1.82) is 0 Å². The van der Waals surface area contributed by atoms with E-state index in [2.05, 4.69) is 10.6 Å². The number of nitrogens with one attached hydrogen (secondary N) is 2. The van der Waals surface area contributed by atoms with E-state index in [4.69, 9.17) is 9.47 Å². The smallest absolute Gasteiger partial charge is 0.315 e. The van der Waals surface area contributed by atoms with Crippen LogP contribution < -0.4 is 20.1 Å². The Kier molecular flexibility index (Phi) is 6.56. The zero-order valence-corrected chi connectivity index (χ0v) is 14.4. The second-order valence-corrected chi connectivity index (χ2v) is 6.19. The minimum Gasteiger partial charge on any atom is -0.493 e. The predicted octanol–water partition coefficient (Wildman–Crippen LogP) is 3.64. The van der Waals surface area contributed by atoms with Gasteiger partial charge in [-0.1, -0.05) is 25.3 Å². The fourth-order valence-electron chi connectivity index (χ4n) is 3.08. The largest absolute Gasteiger partial charge is 0.493 e. The Bertz CT molecular complexity index is 513. The van der Waals surface area contributed by atoms with Crippen molar-refractivity contribution >= 4 is 6.03 Å². The van der Waals surface area contributed by atoms with Gasteiger partial charge in [0.1, 0.15) is 0 Å². The fraction of sp³-hybridized carbons (Fsp3) is 0.611. The lowest BCUT2D eigenvalue weighted by atomic mass is 9.89. The molecule has 1 atom stereocenters. The van der Waals surface area contributed by atoms with E-state index in [0.717, 1.165) is 12.1 Å². The molecule has 5 nitrogen and oxygen atoms in total. The Morgan fingerprint density at radius 1 is 1.17 bits per heavy atom. The molecule has 0 spiro atoms. The molecule has 0 bridgehead atoms. The number of carbonyl (C=O) groups is 1. The van der Waals surface area contributed by atoms with Crippen LogP contribution in [0.2, 0.25) is 0 Å². The van der Waals surface area contributed by atoms with E-state index in [0.29, 0.717) is 17.4 Å². The average molecular weight is 320 g/mol. The van der Waals surface area contributed by atoms with Crippen molar-refractivity contribution in [2.24, 2.45) is 5.92 Å². The van der Waals surface area contributed by atoms with Crippen LogP contribution in [0.3, 0.4) is 0 Å². The van der Waals surface area contributed by atoms with Crippen molar-refractivity contribution < 1.29 is 14.3 Å². The molecule has 128 valence electrons. The highest BCUT2D eigenvalue weighted by Crippen LogP contribution is 2.29. The average Bonchev–Trinajstić information content (AvgIpc) is 2.60. The number of urea groups is 1. The topological polar surface area (TPSA) is 59.6 Å². The first kappa shape index (κ1) is 17.4. The zero-order chi connectivity index (χ0) is 16.7. The van der Waals surface area contributed by atoms with Crippen LogP contribution in [-0.4, -0.2) is 26.8 Å². The highest BCUT2D eigenvalue weighted by Gasteiger charge is 2.16. The number of rotatable bonds is 6. The molecule has 0 radical (unpaired) electrons. The van der Waals surface area contributed by atoms with Gasteiger partial charge in [0.05, 0.1) is 20.3 Å². The summed E-state index contributed by atoms with van der Waals surface area (Å²) in [6, 6.07) is 5.48. The van der Waals surface area contributed by atoms with Crippen molar-refractivity contribution in [3.05, 3.63) is 23.8 Å². The first-order valence-corrected chi connectivity index (χ1v) is 8.40. The molecular weight excluding hydrogens is 292 g/mol. The Labute approximate surface area is 138 Å². The van der Waals surface area contributed by atoms with Gasteiger partial charge in [-0.05, 0) is 43.4 Å². The summed E-state index contributed by atoms with van der Waals surface area (Å²) in [7, 11) is 3.22. The van der Waals surface area contributed by atoms with Gasteiger partial charge in [0, 0.05) is 6.54 Å². The molecule has 1 aliphatic carbocycles. The molecule has 0 aliphatic heterocycles. The van der Waals surface area contributed by atoms with E-state index < -0.39 is 0 Å². The van der Waals surface area contributed by atoms with E-state index in [1.807, 2.05) is 25.1 Å². The lowest BCUT2D eigenvalue weighted by Gasteiger charge is -2.22. The van der Waals surface area contributed by atoms with E-state index in [1.165, 1.54) is 32.1 Å². The molecule has 5 heteroatoms. The van der Waals surface area contributed by atoms with Gasteiger partial charge >= 0.3 is 6.03 Å². The molecule has 1 aliphatic rings. The van der Waals surface area contributed by atoms with Crippen molar-refractivity contribution in [3.8, 4) is 11.5 Å². The second-order valence-electron chi connectivity index (χ2n) is 6.19. The maximum Gasteiger partial charge on any atom is 0.315 e. The molecule has 1 aromatic carbocycles. The van der Waals surface area contributed by atoms with Crippen LogP contribution in [0.4, 0.5) is 4.79 Å². The molecule has 2 N–H and O–H groups in total. The number of amides is 2. The Morgan fingerprint density at radius 3 is 2.52 bits per heavy atom. The summed E-state index contributed by atoms with van der Waals surface area (Å²) in [5.41, 5.74) is 0.982. The summed E-state index contributed by atoms with van der Waals surface area (Å²) in [5.74, 6) is 1.98. The molecule has 1 fully saturated rings. The number of carbonyl (C=O) groups excluding carboxylic acids is 1. The fourth-order valence-corrected chi connectivity index (χ4v) is 3.08. The molecule has 23 heavy (non-hydrogen) atoms. The highest BCUT2D eigenvalue weighted by molar-refractivity contribution is 5.74. The van der Waals surface area contributed by atoms with Gasteiger partial charge in [-0.2, -0.15) is 0 Å². The molecule has 2 amide bonds. The van der Waals surface area contributed by atoms with Gasteiger partial charge in [-0.15, -0.1) is 0 Å². The van der Waals surface area contributed by atoms with Crippen molar-refractivity contribution in [2.75, 3.05) is 20.8 Å². The first-order chi connectivity index (χ1) is 11.1. The molecular formula is C18H28N2O3. The monoisotopic (exact) mass is 320 g/mol. The molecule has 1 unspecified atom stereocenters. The third-order valence-electron chi connectivity index (χ3n) is 4.53. The van der Waals surface area contributed by atoms with Gasteiger partial charge < -0.3 is 20.1 Å². The summed E-state index contributed by atoms with van der Waals surface area (Å²) in [4.78, 5) is 12.1. The molecule has 0 saturated heterocycles. The SMILES string of the molecule is COc1ccc(C(C)NC(=O)NCC2CCCCC2)cc1OC. The zero-order valence-electron chi connectivity index (χ0n) is 14.4. The predicted molar refractivity (Wildman–Crippen MR) is 91.1 cm³/mol. The van der Waals surface area contributed by atoms with Crippen molar-refractivity contribution in [2.45, 2.75) is 45.1 Å². The Morgan fingerprint density at radius 2 is 1.87 bits per heavy atom. The van der Waals surface area contributed by atoms with E-state index in [-0.39, 0.29) is 12.1 Å². The minimum absolute atomic E-state index is 0.0961. The van der Waals surface area contributed by atoms with Crippen LogP contribution in [0.25, 0.3) is 0 Å². The third-order valence-corrected chi connectivity index (χ3v) is 4.53. The molecule has 0 aromatic heterocycles. The lowest BCUT2D eigenvalue weighted by molar-refractivity contribution is 0.233. The summed E-state index contributed by atoms with van der Waals surface area (Å²) < 4.78 is 10.5. The van der Waals surface area contributed by atoms with Crippen LogP contribution in [-0.2, 0) is 0 Å². The molecule has 0 heterocycles. The van der Waals surface area contributed by atoms with Crippen LogP contribution in [0.5, 0.6) is 11.5 Å². The molecule has 2 rings (SSSR count). The van der Waals surface area contributed by atoms with E-state index >= 15 is 0 Å². The van der Waals surface area contributed by atoms with Gasteiger partial charge in [-0.3, -0.25) is 0 Å². The number of hydrogen-bond donors (Lipinski definition) is 2. The van der Waals surface area contributed by atoms with Gasteiger partial charge in [0.25, 0.3) is 0 Å². The minimum atomic E-state index is -0.113. The standard InChI is InChI=1S/C18H28N2O3/c1-13(15-9-10-16(22-2)17(11-15)23-3)20-18(21)19-12-14-7-5-4-6-8-14/h9-11,13-14H,4-8,12H2,1-3H3,(H2,19,20,21). The number of benzene rings is 1. The van der Waals surface area contributed by atoms with Crippen LogP contribution in [0.15, 0.2) is 18.2 Å². The van der Waals surface area contributed by atoms with Crippen LogP contribution >= 0.6 is 0 Å². The normalized spacial score (nSPS) is 16.5. The molecule has 1 aromatic rings. The van der Waals surface area contributed by atoms with Crippen LogP contribution in [0, 0.1) is 5.92 Å². The second kappa shape index (κ2) is 8.65. The third kappa shape index (κ3) is 5.05. The van der Waals surface area contributed by atoms with E-state index in [9.17, 15) is 4.79 Å². The summed E-state index contributed by atoms with van der Waals surface area (Å²) in [5, 5.41) is 5.98. The van der Waals surface area contributed by atoms with Gasteiger partial charge in [-0.25, -0.2) is 4.79 Å². The summed E-state index contributed by atoms with van der Waals surface area (Å²) >= 11 is 0. The Balaban J connectivity index is 1.85. The highest BCUT2D eigenvalue weighted by atomic mass is 16.5. The van der Waals surface area contributed by atoms with Gasteiger partial charge in [0.15, 0.2) is 11.5 Å². The number of ether oxygens (including phenoxy) is 2. The van der Waals surface area contributed by atoms with E-state index in [1.54, 1.807) is 14.2 Å². The summed E-state index contributed by atoms with van der Waals surface area (Å²) in [6.07, 6.45) is 6.36. The maximum atomic E-state index is 12.1. The molecule has 1 saturated carbocycles. The first-order valence-electron chi connectivity index (χ1n) is 8.40. The maximum absolute atomic E-state index is 12.1. The lowest BCUT2D eigenvalue weighted by Crippen LogP contribution is -2.39. The number of hydrogen-bond acceptors (Lipinski definition) is 3. The van der Waals surface area contributed by atoms with Gasteiger partial charge in [0.2, 0.25) is 0 Å². The number of methoxy groups -OCH3 is 2. The summed E-state index contributed by atoms with van der Waals surface area (Å²) in [6.45, 7) is 2.73. The Hall–Kier alpha value is -1.91. The van der Waals surface area contributed by atoms with Crippen molar-refractivity contribution in [1.82, 2.24) is 10.6 Å². The van der Waals surface area contributed by atoms with Crippen LogP contribution in [0.1, 0.15) is 50.6 Å².